The second-order valence-corrected chi connectivity index (χ2v) is 7.38. The fraction of sp³-hybridized carbons (Fsp3) is 0.526. The summed E-state index contributed by atoms with van der Waals surface area (Å²) in [5, 5.41) is 12.5. The molecule has 0 aliphatic rings. The number of nitrogens with zero attached hydrogens (tertiary/aromatic N) is 4. The van der Waals surface area contributed by atoms with E-state index in [-0.39, 0.29) is 11.9 Å². The smallest absolute Gasteiger partial charge is 0.230 e. The molecule has 1 atom stereocenters. The number of carbonyl (C=O) groups excluding carboxylic acids is 1. The minimum atomic E-state index is 0.0345. The van der Waals surface area contributed by atoms with Gasteiger partial charge in [-0.25, -0.2) is 0 Å². The molecule has 6 nitrogen and oxygen atoms in total. The van der Waals surface area contributed by atoms with Gasteiger partial charge in [0.15, 0.2) is 11.0 Å². The van der Waals surface area contributed by atoms with Crippen molar-refractivity contribution in [3.05, 3.63) is 41.7 Å². The molecular weight excluding hydrogens is 346 g/mol. The fourth-order valence-electron chi connectivity index (χ4n) is 2.79. The number of benzene rings is 1. The molecule has 142 valence electrons. The molecule has 0 spiro atoms. The van der Waals surface area contributed by atoms with Crippen LogP contribution < -0.4 is 5.32 Å². The third-order valence-corrected chi connectivity index (χ3v) is 5.11. The lowest BCUT2D eigenvalue weighted by atomic mass is 10.2. The standard InChI is InChI=1S/C19H29N5OS/c1-5-12-20-17(25)14-26-19-22-21-18(16(6-2)23(3)4)24(19)13-15-10-8-7-9-11-15/h7-11,16H,5-6,12-14H2,1-4H3,(H,20,25). The Bertz CT molecular complexity index is 686. The van der Waals surface area contributed by atoms with Gasteiger partial charge in [-0.2, -0.15) is 0 Å². The predicted octanol–water partition coefficient (Wildman–Crippen LogP) is 2.96. The Labute approximate surface area is 160 Å². The molecule has 0 aliphatic carbocycles. The van der Waals surface area contributed by atoms with E-state index in [0.717, 1.165) is 23.8 Å². The van der Waals surface area contributed by atoms with Gasteiger partial charge in [0.05, 0.1) is 18.3 Å². The van der Waals surface area contributed by atoms with E-state index in [2.05, 4.69) is 58.1 Å². The first kappa shape index (κ1) is 20.5. The summed E-state index contributed by atoms with van der Waals surface area (Å²) >= 11 is 1.44. The van der Waals surface area contributed by atoms with Gasteiger partial charge in [-0.15, -0.1) is 10.2 Å². The maximum atomic E-state index is 12.0. The zero-order valence-electron chi connectivity index (χ0n) is 16.1. The number of rotatable bonds is 10. The number of hydrogen-bond acceptors (Lipinski definition) is 5. The summed E-state index contributed by atoms with van der Waals surface area (Å²) in [4.78, 5) is 14.1. The van der Waals surface area contributed by atoms with Gasteiger partial charge in [-0.05, 0) is 32.5 Å². The molecule has 7 heteroatoms. The molecule has 1 aromatic heterocycles. The molecule has 0 saturated heterocycles. The molecule has 1 amide bonds. The van der Waals surface area contributed by atoms with Crippen molar-refractivity contribution in [1.29, 1.82) is 0 Å². The molecule has 0 radical (unpaired) electrons. The predicted molar refractivity (Wildman–Crippen MR) is 106 cm³/mol. The third-order valence-electron chi connectivity index (χ3n) is 4.14. The van der Waals surface area contributed by atoms with E-state index < -0.39 is 0 Å². The van der Waals surface area contributed by atoms with Crippen LogP contribution in [0.2, 0.25) is 0 Å². The molecule has 1 N–H and O–H groups in total. The minimum Gasteiger partial charge on any atom is -0.355 e. The minimum absolute atomic E-state index is 0.0345. The van der Waals surface area contributed by atoms with Crippen LogP contribution in [0, 0.1) is 0 Å². The Balaban J connectivity index is 2.23. The number of nitrogens with one attached hydrogen (secondary N) is 1. The quantitative estimate of drug-likeness (QED) is 0.647. The second-order valence-electron chi connectivity index (χ2n) is 6.44. The number of carbonyl (C=O) groups is 1. The number of thioether (sulfide) groups is 1. The van der Waals surface area contributed by atoms with Gasteiger partial charge < -0.3 is 9.88 Å². The van der Waals surface area contributed by atoms with Crippen molar-refractivity contribution in [1.82, 2.24) is 25.0 Å². The average molecular weight is 376 g/mol. The van der Waals surface area contributed by atoms with Crippen molar-refractivity contribution in [2.24, 2.45) is 0 Å². The van der Waals surface area contributed by atoms with Gasteiger partial charge in [-0.3, -0.25) is 9.69 Å². The zero-order valence-corrected chi connectivity index (χ0v) is 16.9. The fourth-order valence-corrected chi connectivity index (χ4v) is 3.57. The van der Waals surface area contributed by atoms with Crippen LogP contribution in [0.1, 0.15) is 44.1 Å². The van der Waals surface area contributed by atoms with Crippen LogP contribution in [-0.4, -0.2) is 52.0 Å². The highest BCUT2D eigenvalue weighted by molar-refractivity contribution is 7.99. The number of aromatic nitrogens is 3. The van der Waals surface area contributed by atoms with Crippen LogP contribution in [-0.2, 0) is 11.3 Å². The normalized spacial score (nSPS) is 12.3. The first-order chi connectivity index (χ1) is 12.6. The van der Waals surface area contributed by atoms with E-state index >= 15 is 0 Å². The molecule has 1 unspecified atom stereocenters. The van der Waals surface area contributed by atoms with E-state index in [9.17, 15) is 4.79 Å². The molecule has 0 bridgehead atoms. The maximum absolute atomic E-state index is 12.0. The summed E-state index contributed by atoms with van der Waals surface area (Å²) < 4.78 is 2.14. The lowest BCUT2D eigenvalue weighted by molar-refractivity contribution is -0.118. The van der Waals surface area contributed by atoms with Crippen LogP contribution in [0.3, 0.4) is 0 Å². The molecule has 1 aromatic carbocycles. The highest BCUT2D eigenvalue weighted by Crippen LogP contribution is 2.26. The van der Waals surface area contributed by atoms with Crippen molar-refractivity contribution in [3.63, 3.8) is 0 Å². The molecule has 2 rings (SSSR count). The summed E-state index contributed by atoms with van der Waals surface area (Å²) in [5.41, 5.74) is 1.19. The largest absolute Gasteiger partial charge is 0.355 e. The Kier molecular flexibility index (Phi) is 8.12. The van der Waals surface area contributed by atoms with Gasteiger partial charge in [0, 0.05) is 6.54 Å². The summed E-state index contributed by atoms with van der Waals surface area (Å²) in [7, 11) is 4.11. The third kappa shape index (κ3) is 5.57. The topological polar surface area (TPSA) is 63.1 Å². The van der Waals surface area contributed by atoms with E-state index in [1.807, 2.05) is 25.1 Å². The van der Waals surface area contributed by atoms with Gasteiger partial charge in [0.2, 0.25) is 5.91 Å². The molecular formula is C19H29N5OS. The van der Waals surface area contributed by atoms with Crippen molar-refractivity contribution in [2.75, 3.05) is 26.4 Å². The van der Waals surface area contributed by atoms with E-state index in [1.165, 1.54) is 17.3 Å². The Morgan fingerprint density at radius 1 is 1.23 bits per heavy atom. The molecule has 0 saturated carbocycles. The highest BCUT2D eigenvalue weighted by Gasteiger charge is 2.22. The summed E-state index contributed by atoms with van der Waals surface area (Å²) in [6.45, 7) is 5.60. The second kappa shape index (κ2) is 10.3. The molecule has 26 heavy (non-hydrogen) atoms. The Hall–Kier alpha value is -1.86. The van der Waals surface area contributed by atoms with Crippen molar-refractivity contribution < 1.29 is 4.79 Å². The van der Waals surface area contributed by atoms with E-state index in [1.54, 1.807) is 0 Å². The summed E-state index contributed by atoms with van der Waals surface area (Å²) in [5.74, 6) is 1.33. The molecule has 2 aromatic rings. The van der Waals surface area contributed by atoms with Crippen LogP contribution in [0.15, 0.2) is 35.5 Å². The molecule has 0 aliphatic heterocycles. The average Bonchev–Trinajstić information content (AvgIpc) is 3.02. The van der Waals surface area contributed by atoms with Gasteiger partial charge in [0.1, 0.15) is 0 Å². The molecule has 0 fully saturated rings. The first-order valence-corrected chi connectivity index (χ1v) is 10.1. The first-order valence-electron chi connectivity index (χ1n) is 9.09. The monoisotopic (exact) mass is 375 g/mol. The van der Waals surface area contributed by atoms with Crippen LogP contribution in [0.5, 0.6) is 0 Å². The van der Waals surface area contributed by atoms with Crippen LogP contribution in [0.25, 0.3) is 0 Å². The van der Waals surface area contributed by atoms with Crippen molar-refractivity contribution in [2.45, 2.75) is 44.4 Å². The van der Waals surface area contributed by atoms with Crippen LogP contribution >= 0.6 is 11.8 Å². The SMILES string of the molecule is CCCNC(=O)CSc1nnc(C(CC)N(C)C)n1Cc1ccccc1. The lowest BCUT2D eigenvalue weighted by Crippen LogP contribution is -2.26. The van der Waals surface area contributed by atoms with Crippen LogP contribution in [0.4, 0.5) is 0 Å². The van der Waals surface area contributed by atoms with E-state index in [4.69, 9.17) is 0 Å². The highest BCUT2D eigenvalue weighted by atomic mass is 32.2. The number of hydrogen-bond donors (Lipinski definition) is 1. The van der Waals surface area contributed by atoms with Gasteiger partial charge in [0.25, 0.3) is 0 Å². The molecule has 1 heterocycles. The lowest BCUT2D eigenvalue weighted by Gasteiger charge is -2.23. The maximum Gasteiger partial charge on any atom is 0.230 e. The van der Waals surface area contributed by atoms with E-state index in [0.29, 0.717) is 18.8 Å². The van der Waals surface area contributed by atoms with Crippen molar-refractivity contribution >= 4 is 17.7 Å². The Morgan fingerprint density at radius 3 is 2.58 bits per heavy atom. The Morgan fingerprint density at radius 2 is 1.96 bits per heavy atom. The summed E-state index contributed by atoms with van der Waals surface area (Å²) in [6, 6.07) is 10.5. The number of amides is 1. The van der Waals surface area contributed by atoms with Crippen molar-refractivity contribution in [3.8, 4) is 0 Å². The van der Waals surface area contributed by atoms with Gasteiger partial charge in [-0.1, -0.05) is 55.9 Å². The zero-order chi connectivity index (χ0) is 18.9. The van der Waals surface area contributed by atoms with Gasteiger partial charge >= 0.3 is 0 Å². The summed E-state index contributed by atoms with van der Waals surface area (Å²) in [6.07, 6.45) is 1.88.